The van der Waals surface area contributed by atoms with Gasteiger partial charge in [-0.1, -0.05) is 92.7 Å². The Balaban J connectivity index is 0.00000205. The van der Waals surface area contributed by atoms with Crippen LogP contribution in [0.25, 0.3) is 11.1 Å². The summed E-state index contributed by atoms with van der Waals surface area (Å²) in [5.74, 6) is -0.457. The normalized spacial score (nSPS) is 13.4. The van der Waals surface area contributed by atoms with E-state index in [4.69, 9.17) is 4.18 Å². The molecule has 0 N–H and O–H groups in total. The smallest absolute Gasteiger partial charge is 0.376 e. The molecular weight excluding hydrogens is 646 g/mol. The fourth-order valence-electron chi connectivity index (χ4n) is 6.19. The van der Waals surface area contributed by atoms with Gasteiger partial charge in [-0.15, -0.1) is 0 Å². The predicted octanol–water partition coefficient (Wildman–Crippen LogP) is 11.4. The van der Waals surface area contributed by atoms with Gasteiger partial charge in [0.05, 0.1) is 11.4 Å². The SMILES string of the molecule is CC.O=S(=O)(Oc1ccc(N(C2=CC=CCC2)c2ccccc2)c(N(c2ccccc2)c2ccc3c(c2)Cc2ccccc2-3)c1)C(F)(F)F. The standard InChI is InChI=1S/C38H29F3N2O3S.C2H6/c39-38(40,41)47(44,45)46-33-21-23-36(42(29-13-4-1-5-14-29)30-15-6-2-7-16-30)37(26-33)43(31-17-8-3-9-18-31)32-20-22-35-28(25-32)24-27-12-10-11-19-34(27)35;1-2/h1-6,8-15,17-23,25-26H,7,16,24H2;1-2H3. The monoisotopic (exact) mass is 680 g/mol. The van der Waals surface area contributed by atoms with Gasteiger partial charge >= 0.3 is 15.6 Å². The molecule has 0 amide bonds. The first-order chi connectivity index (χ1) is 23.7. The van der Waals surface area contributed by atoms with E-state index >= 15 is 0 Å². The van der Waals surface area contributed by atoms with E-state index in [1.54, 1.807) is 6.07 Å². The lowest BCUT2D eigenvalue weighted by molar-refractivity contribution is -0.0500. The number of benzene rings is 5. The maximum Gasteiger partial charge on any atom is 0.534 e. The third-order valence-corrected chi connectivity index (χ3v) is 9.24. The van der Waals surface area contributed by atoms with Crippen LogP contribution in [-0.4, -0.2) is 13.9 Å². The van der Waals surface area contributed by atoms with Gasteiger partial charge in [0.25, 0.3) is 0 Å². The molecular formula is C40H35F3N2O3S. The van der Waals surface area contributed by atoms with E-state index in [-0.39, 0.29) is 0 Å². The van der Waals surface area contributed by atoms with Crippen LogP contribution in [0.15, 0.2) is 145 Å². The summed E-state index contributed by atoms with van der Waals surface area (Å²) in [6.07, 6.45) is 8.33. The van der Waals surface area contributed by atoms with Crippen LogP contribution in [0.2, 0.25) is 0 Å². The zero-order chi connectivity index (χ0) is 34.6. The third kappa shape index (κ3) is 6.85. The van der Waals surface area contributed by atoms with E-state index in [9.17, 15) is 21.6 Å². The van der Waals surface area contributed by atoms with Crippen molar-refractivity contribution in [2.24, 2.45) is 0 Å². The molecule has 9 heteroatoms. The van der Waals surface area contributed by atoms with Crippen molar-refractivity contribution in [2.75, 3.05) is 9.80 Å². The molecule has 0 bridgehead atoms. The van der Waals surface area contributed by atoms with E-state index in [1.807, 2.05) is 110 Å². The first-order valence-corrected chi connectivity index (χ1v) is 17.5. The van der Waals surface area contributed by atoms with Crippen LogP contribution in [0, 0.1) is 0 Å². The summed E-state index contributed by atoms with van der Waals surface area (Å²) in [6.45, 7) is 4.00. The molecule has 49 heavy (non-hydrogen) atoms. The van der Waals surface area contributed by atoms with Crippen molar-refractivity contribution in [3.8, 4) is 16.9 Å². The van der Waals surface area contributed by atoms with Gasteiger partial charge < -0.3 is 14.0 Å². The number of para-hydroxylation sites is 2. The van der Waals surface area contributed by atoms with Gasteiger partial charge in [-0.2, -0.15) is 21.6 Å². The van der Waals surface area contributed by atoms with Crippen LogP contribution >= 0.6 is 0 Å². The Morgan fingerprint density at radius 1 is 0.653 bits per heavy atom. The second-order valence-electron chi connectivity index (χ2n) is 11.3. The quantitative estimate of drug-likeness (QED) is 0.118. The maximum absolute atomic E-state index is 13.5. The fourth-order valence-corrected chi connectivity index (χ4v) is 6.64. The molecule has 5 nitrogen and oxygen atoms in total. The molecule has 7 rings (SSSR count). The van der Waals surface area contributed by atoms with Gasteiger partial charge in [0.15, 0.2) is 0 Å². The Labute approximate surface area is 285 Å². The van der Waals surface area contributed by atoms with Crippen molar-refractivity contribution < 1.29 is 25.8 Å². The van der Waals surface area contributed by atoms with E-state index < -0.39 is 21.4 Å². The van der Waals surface area contributed by atoms with Crippen LogP contribution < -0.4 is 14.0 Å². The molecule has 0 aromatic heterocycles. The number of hydrogen-bond acceptors (Lipinski definition) is 5. The third-order valence-electron chi connectivity index (χ3n) is 8.26. The lowest BCUT2D eigenvalue weighted by Crippen LogP contribution is -2.28. The first-order valence-electron chi connectivity index (χ1n) is 16.1. The molecule has 0 aliphatic heterocycles. The zero-order valence-corrected chi connectivity index (χ0v) is 27.9. The molecule has 2 aliphatic rings. The Bertz CT molecular complexity index is 2110. The van der Waals surface area contributed by atoms with Crippen LogP contribution in [0.4, 0.5) is 41.6 Å². The van der Waals surface area contributed by atoms with Crippen molar-refractivity contribution in [1.29, 1.82) is 0 Å². The van der Waals surface area contributed by atoms with E-state index in [0.717, 1.165) is 46.7 Å². The van der Waals surface area contributed by atoms with Crippen LogP contribution in [0.5, 0.6) is 5.75 Å². The Kier molecular flexibility index (Phi) is 9.65. The molecule has 5 aromatic carbocycles. The van der Waals surface area contributed by atoms with Crippen LogP contribution in [0.3, 0.4) is 0 Å². The number of nitrogens with zero attached hydrogens (tertiary/aromatic N) is 2. The average molecular weight is 681 g/mol. The topological polar surface area (TPSA) is 49.9 Å². The van der Waals surface area contributed by atoms with Crippen molar-refractivity contribution in [3.05, 3.63) is 156 Å². The molecule has 0 unspecified atom stereocenters. The molecule has 0 spiro atoms. The highest BCUT2D eigenvalue weighted by Crippen LogP contribution is 2.48. The van der Waals surface area contributed by atoms with Gasteiger partial charge in [0.2, 0.25) is 0 Å². The zero-order valence-electron chi connectivity index (χ0n) is 27.1. The summed E-state index contributed by atoms with van der Waals surface area (Å²) in [5, 5.41) is 0. The minimum absolute atomic E-state index is 0.431. The highest BCUT2D eigenvalue weighted by molar-refractivity contribution is 7.88. The van der Waals surface area contributed by atoms with Crippen molar-refractivity contribution in [3.63, 3.8) is 0 Å². The summed E-state index contributed by atoms with van der Waals surface area (Å²) < 4.78 is 69.5. The highest BCUT2D eigenvalue weighted by atomic mass is 32.2. The number of hydrogen-bond donors (Lipinski definition) is 0. The predicted molar refractivity (Wildman–Crippen MR) is 191 cm³/mol. The Morgan fingerprint density at radius 3 is 1.94 bits per heavy atom. The Hall–Kier alpha value is -5.28. The molecule has 0 atom stereocenters. The Morgan fingerprint density at radius 2 is 1.29 bits per heavy atom. The van der Waals surface area contributed by atoms with Crippen LogP contribution in [0.1, 0.15) is 37.8 Å². The van der Waals surface area contributed by atoms with Crippen molar-refractivity contribution >= 4 is 38.6 Å². The van der Waals surface area contributed by atoms with Gasteiger partial charge in [-0.3, -0.25) is 0 Å². The average Bonchev–Trinajstić information content (AvgIpc) is 3.49. The molecule has 0 radical (unpaired) electrons. The van der Waals surface area contributed by atoms with E-state index in [0.29, 0.717) is 17.8 Å². The highest BCUT2D eigenvalue weighted by Gasteiger charge is 2.48. The second-order valence-corrected chi connectivity index (χ2v) is 12.8. The molecule has 250 valence electrons. The summed E-state index contributed by atoms with van der Waals surface area (Å²) in [5.41, 5.74) is 3.37. The van der Waals surface area contributed by atoms with Gasteiger partial charge in [-0.05, 0) is 96.1 Å². The molecule has 0 fully saturated rings. The summed E-state index contributed by atoms with van der Waals surface area (Å²) in [4.78, 5) is 3.99. The van der Waals surface area contributed by atoms with E-state index in [1.165, 1.54) is 23.3 Å². The number of rotatable bonds is 8. The summed E-state index contributed by atoms with van der Waals surface area (Å²) >= 11 is 0. The molecule has 0 heterocycles. The number of allylic oxidation sites excluding steroid dienone is 4. The lowest BCUT2D eigenvalue weighted by Gasteiger charge is -2.35. The van der Waals surface area contributed by atoms with Crippen molar-refractivity contribution in [1.82, 2.24) is 0 Å². The largest absolute Gasteiger partial charge is 0.534 e. The van der Waals surface area contributed by atoms with Crippen LogP contribution in [-0.2, 0) is 16.5 Å². The number of anilines is 5. The maximum atomic E-state index is 13.5. The lowest BCUT2D eigenvalue weighted by atomic mass is 10.0. The van der Waals surface area contributed by atoms with Gasteiger partial charge in [-0.25, -0.2) is 0 Å². The first kappa shape index (κ1) is 33.6. The van der Waals surface area contributed by atoms with Gasteiger partial charge in [0.1, 0.15) is 5.75 Å². The fraction of sp³-hybridized carbons (Fsp3) is 0.150. The second kappa shape index (κ2) is 14.1. The minimum Gasteiger partial charge on any atom is -0.376 e. The number of fused-ring (bicyclic) bond motifs is 3. The molecule has 2 aliphatic carbocycles. The van der Waals surface area contributed by atoms with E-state index in [2.05, 4.69) is 35.2 Å². The minimum atomic E-state index is -5.92. The molecule has 0 saturated heterocycles. The number of alkyl halides is 3. The molecule has 0 saturated carbocycles. The van der Waals surface area contributed by atoms with Crippen molar-refractivity contribution in [2.45, 2.75) is 38.6 Å². The number of halogens is 3. The molecule has 5 aromatic rings. The van der Waals surface area contributed by atoms with Gasteiger partial charge in [0, 0.05) is 28.8 Å². The summed E-state index contributed by atoms with van der Waals surface area (Å²) in [6, 6.07) is 37.7. The summed E-state index contributed by atoms with van der Waals surface area (Å²) in [7, 11) is -5.92.